The first-order chi connectivity index (χ1) is 3.72. The van der Waals surface area contributed by atoms with Crippen molar-refractivity contribution in [3.63, 3.8) is 0 Å². The van der Waals surface area contributed by atoms with Gasteiger partial charge in [0.15, 0.2) is 0 Å². The van der Waals surface area contributed by atoms with Crippen LogP contribution in [0.4, 0.5) is 0 Å². The quantitative estimate of drug-likeness (QED) is 0.438. The molecule has 0 N–H and O–H groups in total. The zero-order chi connectivity index (χ0) is 6.57. The molecule has 8 heavy (non-hydrogen) atoms. The van der Waals surface area contributed by atoms with Crippen molar-refractivity contribution >= 4 is 0 Å². The lowest BCUT2D eigenvalue weighted by molar-refractivity contribution is 1.34. The molecule has 0 spiro atoms. The maximum atomic E-state index is 8.18. The third-order valence-electron chi connectivity index (χ3n) is 0.898. The van der Waals surface area contributed by atoms with Crippen LogP contribution in [0.1, 0.15) is 13.8 Å². The first-order valence-corrected chi connectivity index (χ1v) is 2.20. The standard InChI is InChI=1S/C6H6N2/c1-5(3-7)6(2)4-8/h1-2H3/b6-5+. The summed E-state index contributed by atoms with van der Waals surface area (Å²) >= 11 is 0. The van der Waals surface area contributed by atoms with E-state index in [9.17, 15) is 0 Å². The van der Waals surface area contributed by atoms with Gasteiger partial charge in [0.1, 0.15) is 0 Å². The van der Waals surface area contributed by atoms with E-state index in [0.717, 1.165) is 0 Å². The van der Waals surface area contributed by atoms with Crippen molar-refractivity contribution in [3.8, 4) is 12.1 Å². The van der Waals surface area contributed by atoms with Crippen LogP contribution in [0.5, 0.6) is 0 Å². The molecule has 0 radical (unpaired) electrons. The third kappa shape index (κ3) is 1.45. The van der Waals surface area contributed by atoms with Crippen molar-refractivity contribution in [2.75, 3.05) is 0 Å². The number of nitrogens with zero attached hydrogens (tertiary/aromatic N) is 2. The van der Waals surface area contributed by atoms with E-state index in [-0.39, 0.29) is 0 Å². The van der Waals surface area contributed by atoms with Crippen molar-refractivity contribution in [1.29, 1.82) is 10.5 Å². The smallest absolute Gasteiger partial charge is 0.0954 e. The second-order valence-electron chi connectivity index (χ2n) is 1.47. The Kier molecular flexibility index (Phi) is 2.37. The SMILES string of the molecule is C/C(C#N)=C(/C)C#N. The lowest BCUT2D eigenvalue weighted by atomic mass is 10.2. The Morgan fingerprint density at radius 3 is 1.38 bits per heavy atom. The summed E-state index contributed by atoms with van der Waals surface area (Å²) in [5.74, 6) is 0. The molecule has 0 saturated heterocycles. The fourth-order valence-corrected chi connectivity index (χ4v) is 0.168. The molecule has 0 unspecified atom stereocenters. The van der Waals surface area contributed by atoms with Gasteiger partial charge in [0.2, 0.25) is 0 Å². The van der Waals surface area contributed by atoms with E-state index in [1.54, 1.807) is 13.8 Å². The summed E-state index contributed by atoms with van der Waals surface area (Å²) in [6, 6.07) is 3.75. The summed E-state index contributed by atoms with van der Waals surface area (Å²) in [5, 5.41) is 16.4. The predicted molar refractivity (Wildman–Crippen MR) is 29.6 cm³/mol. The highest BCUT2D eigenvalue weighted by Gasteiger charge is 1.89. The van der Waals surface area contributed by atoms with Gasteiger partial charge in [0.25, 0.3) is 0 Å². The number of rotatable bonds is 0. The Hall–Kier alpha value is -1.28. The zero-order valence-corrected chi connectivity index (χ0v) is 4.89. The maximum absolute atomic E-state index is 8.18. The van der Waals surface area contributed by atoms with E-state index in [0.29, 0.717) is 11.1 Å². The molecular formula is C6H6N2. The summed E-state index contributed by atoms with van der Waals surface area (Å²) < 4.78 is 0. The minimum Gasteiger partial charge on any atom is -0.193 e. The molecule has 0 rings (SSSR count). The van der Waals surface area contributed by atoms with E-state index in [1.165, 1.54) is 0 Å². The minimum absolute atomic E-state index is 0.493. The van der Waals surface area contributed by atoms with Crippen molar-refractivity contribution in [2.45, 2.75) is 13.8 Å². The minimum atomic E-state index is 0.493. The highest BCUT2D eigenvalue weighted by atomic mass is 14.3. The summed E-state index contributed by atoms with van der Waals surface area (Å²) in [5.41, 5.74) is 0.986. The van der Waals surface area contributed by atoms with Gasteiger partial charge in [-0.15, -0.1) is 0 Å². The molecule has 0 amide bonds. The van der Waals surface area contributed by atoms with Crippen LogP contribution in [0.2, 0.25) is 0 Å². The summed E-state index contributed by atoms with van der Waals surface area (Å²) in [4.78, 5) is 0. The van der Waals surface area contributed by atoms with Gasteiger partial charge < -0.3 is 0 Å². The van der Waals surface area contributed by atoms with E-state index < -0.39 is 0 Å². The molecule has 0 aromatic rings. The molecular weight excluding hydrogens is 100 g/mol. The van der Waals surface area contributed by atoms with Crippen molar-refractivity contribution in [2.24, 2.45) is 0 Å². The fourth-order valence-electron chi connectivity index (χ4n) is 0.168. The van der Waals surface area contributed by atoms with Crippen LogP contribution in [-0.4, -0.2) is 0 Å². The maximum Gasteiger partial charge on any atom is 0.0954 e. The van der Waals surface area contributed by atoms with Crippen LogP contribution in [0.15, 0.2) is 11.1 Å². The first-order valence-electron chi connectivity index (χ1n) is 2.20. The zero-order valence-electron chi connectivity index (χ0n) is 4.89. The monoisotopic (exact) mass is 106 g/mol. The molecule has 2 nitrogen and oxygen atoms in total. The van der Waals surface area contributed by atoms with E-state index in [4.69, 9.17) is 10.5 Å². The Morgan fingerprint density at radius 1 is 1.00 bits per heavy atom. The molecule has 0 aromatic heterocycles. The Labute approximate surface area is 48.7 Å². The largest absolute Gasteiger partial charge is 0.193 e. The number of hydrogen-bond acceptors (Lipinski definition) is 2. The van der Waals surface area contributed by atoms with Gasteiger partial charge in [-0.25, -0.2) is 0 Å². The number of allylic oxidation sites excluding steroid dienone is 2. The predicted octanol–water partition coefficient (Wildman–Crippen LogP) is 1.37. The Bertz CT molecular complexity index is 166. The average Bonchev–Trinajstić information content (AvgIpc) is 1.84. The van der Waals surface area contributed by atoms with Gasteiger partial charge in [-0.3, -0.25) is 0 Å². The topological polar surface area (TPSA) is 47.6 Å². The fraction of sp³-hybridized carbons (Fsp3) is 0.333. The van der Waals surface area contributed by atoms with Crippen molar-refractivity contribution in [3.05, 3.63) is 11.1 Å². The van der Waals surface area contributed by atoms with Gasteiger partial charge >= 0.3 is 0 Å². The van der Waals surface area contributed by atoms with Crippen molar-refractivity contribution < 1.29 is 0 Å². The molecule has 0 aromatic carbocycles. The normalized spacial score (nSPS) is 11.0. The van der Waals surface area contributed by atoms with Crippen LogP contribution >= 0.6 is 0 Å². The summed E-state index contributed by atoms with van der Waals surface area (Å²) in [7, 11) is 0. The van der Waals surface area contributed by atoms with Gasteiger partial charge in [-0.1, -0.05) is 0 Å². The van der Waals surface area contributed by atoms with Gasteiger partial charge in [-0.2, -0.15) is 10.5 Å². The Morgan fingerprint density at radius 2 is 1.25 bits per heavy atom. The second kappa shape index (κ2) is 2.82. The van der Waals surface area contributed by atoms with E-state index >= 15 is 0 Å². The van der Waals surface area contributed by atoms with Gasteiger partial charge in [-0.05, 0) is 13.8 Å². The molecule has 0 heterocycles. The van der Waals surface area contributed by atoms with E-state index in [1.807, 2.05) is 12.1 Å². The molecule has 0 fully saturated rings. The lowest BCUT2D eigenvalue weighted by Gasteiger charge is -1.81. The van der Waals surface area contributed by atoms with Crippen molar-refractivity contribution in [1.82, 2.24) is 0 Å². The Balaban J connectivity index is 4.41. The van der Waals surface area contributed by atoms with Crippen LogP contribution in [0.25, 0.3) is 0 Å². The highest BCUT2D eigenvalue weighted by molar-refractivity contribution is 5.32. The molecule has 0 aliphatic rings. The first kappa shape index (κ1) is 6.72. The van der Waals surface area contributed by atoms with E-state index in [2.05, 4.69) is 0 Å². The van der Waals surface area contributed by atoms with Crippen LogP contribution < -0.4 is 0 Å². The lowest BCUT2D eigenvalue weighted by Crippen LogP contribution is -1.73. The summed E-state index contributed by atoms with van der Waals surface area (Å²) in [6.45, 7) is 3.25. The molecule has 0 bridgehead atoms. The van der Waals surface area contributed by atoms with Gasteiger partial charge in [0, 0.05) is 11.1 Å². The third-order valence-corrected chi connectivity index (χ3v) is 0.898. The average molecular weight is 106 g/mol. The number of nitriles is 2. The molecule has 2 heteroatoms. The summed E-state index contributed by atoms with van der Waals surface area (Å²) in [6.07, 6.45) is 0. The van der Waals surface area contributed by atoms with Crippen LogP contribution in [-0.2, 0) is 0 Å². The molecule has 0 aliphatic heterocycles. The molecule has 0 saturated carbocycles. The molecule has 0 atom stereocenters. The molecule has 0 aliphatic carbocycles. The van der Waals surface area contributed by atoms with Crippen LogP contribution in [0.3, 0.4) is 0 Å². The highest BCUT2D eigenvalue weighted by Crippen LogP contribution is 1.97. The second-order valence-corrected chi connectivity index (χ2v) is 1.47. The number of hydrogen-bond donors (Lipinski definition) is 0. The van der Waals surface area contributed by atoms with Gasteiger partial charge in [0.05, 0.1) is 12.1 Å². The molecule has 40 valence electrons. The van der Waals surface area contributed by atoms with Crippen LogP contribution in [0, 0.1) is 22.7 Å².